The molecule has 6 nitrogen and oxygen atoms in total. The number of hydrogen-bond donors (Lipinski definition) is 2. The molecular weight excluding hydrogens is 334 g/mol. The Bertz CT molecular complexity index is 796. The van der Waals surface area contributed by atoms with Gasteiger partial charge in [0.15, 0.2) is 5.13 Å². The monoisotopic (exact) mass is 353 g/mol. The lowest BCUT2D eigenvalue weighted by molar-refractivity contribution is 0.0957. The number of sulfonamides is 1. The Kier molecular flexibility index (Phi) is 5.38. The van der Waals surface area contributed by atoms with Gasteiger partial charge in [-0.2, -0.15) is 0 Å². The second-order valence-electron chi connectivity index (χ2n) is 5.11. The summed E-state index contributed by atoms with van der Waals surface area (Å²) in [5, 5.41) is 2.94. The summed E-state index contributed by atoms with van der Waals surface area (Å²) in [6.45, 7) is 6.10. The second-order valence-corrected chi connectivity index (χ2v) is 7.79. The maximum absolute atomic E-state index is 12.3. The molecule has 0 atom stereocenters. The van der Waals surface area contributed by atoms with E-state index in [4.69, 9.17) is 0 Å². The number of nitrogens with one attached hydrogen (secondary N) is 2. The number of nitrogens with zero attached hydrogens (tertiary/aromatic N) is 1. The maximum Gasteiger partial charge on any atom is 0.263 e. The van der Waals surface area contributed by atoms with Crippen molar-refractivity contribution < 1.29 is 13.2 Å². The van der Waals surface area contributed by atoms with Gasteiger partial charge in [-0.3, -0.25) is 9.52 Å². The zero-order valence-corrected chi connectivity index (χ0v) is 14.8. The Labute approximate surface area is 140 Å². The molecule has 1 heterocycles. The van der Waals surface area contributed by atoms with Crippen LogP contribution in [0.25, 0.3) is 0 Å². The zero-order valence-electron chi connectivity index (χ0n) is 13.2. The van der Waals surface area contributed by atoms with Gasteiger partial charge in [0.2, 0.25) is 0 Å². The molecule has 0 unspecified atom stereocenters. The number of carbonyl (C=O) groups is 1. The lowest BCUT2D eigenvalue weighted by Gasteiger charge is -2.05. The number of aryl methyl sites for hydroxylation is 2. The third kappa shape index (κ3) is 4.29. The first-order chi connectivity index (χ1) is 10.8. The topological polar surface area (TPSA) is 88.2 Å². The molecule has 0 saturated carbocycles. The fourth-order valence-electron chi connectivity index (χ4n) is 1.86. The van der Waals surface area contributed by atoms with E-state index >= 15 is 0 Å². The van der Waals surface area contributed by atoms with Crippen LogP contribution in [0.3, 0.4) is 0 Å². The third-order valence-electron chi connectivity index (χ3n) is 3.09. The van der Waals surface area contributed by atoms with Gasteiger partial charge in [-0.15, -0.1) is 0 Å². The standard InChI is InChI=1S/C15H19N3O3S2/c1-4-9-16-14(19)13-11(3)17-15(22-13)18-23(20,21)12-7-5-10(2)6-8-12/h5-8H,4,9H2,1-3H3,(H,16,19)(H,17,18). The van der Waals surface area contributed by atoms with Crippen LogP contribution in [0.4, 0.5) is 5.13 Å². The van der Waals surface area contributed by atoms with Gasteiger partial charge >= 0.3 is 0 Å². The van der Waals surface area contributed by atoms with Crippen molar-refractivity contribution in [2.75, 3.05) is 11.3 Å². The minimum absolute atomic E-state index is 0.160. The van der Waals surface area contributed by atoms with Crippen LogP contribution in [-0.4, -0.2) is 25.9 Å². The Hall–Kier alpha value is -1.93. The SMILES string of the molecule is CCCNC(=O)c1sc(NS(=O)(=O)c2ccc(C)cc2)nc1C. The van der Waals surface area contributed by atoms with Gasteiger partial charge in [0.1, 0.15) is 4.88 Å². The molecule has 2 rings (SSSR count). The predicted molar refractivity (Wildman–Crippen MR) is 91.5 cm³/mol. The number of rotatable bonds is 6. The minimum atomic E-state index is -3.71. The van der Waals surface area contributed by atoms with Gasteiger partial charge in [0.25, 0.3) is 15.9 Å². The number of aromatic nitrogens is 1. The van der Waals surface area contributed by atoms with E-state index in [-0.39, 0.29) is 15.9 Å². The van der Waals surface area contributed by atoms with E-state index < -0.39 is 10.0 Å². The summed E-state index contributed by atoms with van der Waals surface area (Å²) in [7, 11) is -3.71. The van der Waals surface area contributed by atoms with Crippen LogP contribution in [0.1, 0.15) is 34.3 Å². The summed E-state index contributed by atoms with van der Waals surface area (Å²) >= 11 is 1.03. The molecule has 1 aromatic carbocycles. The molecule has 2 aromatic rings. The lowest BCUT2D eigenvalue weighted by Crippen LogP contribution is -2.23. The zero-order chi connectivity index (χ0) is 17.0. The average Bonchev–Trinajstić information content (AvgIpc) is 2.85. The Balaban J connectivity index is 2.20. The molecule has 124 valence electrons. The normalized spacial score (nSPS) is 11.3. The van der Waals surface area contributed by atoms with Crippen molar-refractivity contribution in [3.05, 3.63) is 40.4 Å². The molecule has 0 aliphatic carbocycles. The molecule has 8 heteroatoms. The van der Waals surface area contributed by atoms with Crippen molar-refractivity contribution in [1.82, 2.24) is 10.3 Å². The van der Waals surface area contributed by atoms with Gasteiger partial charge in [-0.25, -0.2) is 13.4 Å². The summed E-state index contributed by atoms with van der Waals surface area (Å²) in [5.41, 5.74) is 1.48. The highest BCUT2D eigenvalue weighted by atomic mass is 32.2. The van der Waals surface area contributed by atoms with Crippen LogP contribution in [0.15, 0.2) is 29.2 Å². The van der Waals surface area contributed by atoms with Crippen LogP contribution in [-0.2, 0) is 10.0 Å². The van der Waals surface area contributed by atoms with E-state index in [1.165, 1.54) is 12.1 Å². The van der Waals surface area contributed by atoms with Crippen LogP contribution in [0.2, 0.25) is 0 Å². The fraction of sp³-hybridized carbons (Fsp3) is 0.333. The molecule has 0 saturated heterocycles. The van der Waals surface area contributed by atoms with Crippen molar-refractivity contribution >= 4 is 32.4 Å². The lowest BCUT2D eigenvalue weighted by atomic mass is 10.2. The first-order valence-electron chi connectivity index (χ1n) is 7.18. The molecule has 2 N–H and O–H groups in total. The summed E-state index contributed by atoms with van der Waals surface area (Å²) in [4.78, 5) is 16.7. The maximum atomic E-state index is 12.3. The second kappa shape index (κ2) is 7.10. The number of amides is 1. The number of thiazole rings is 1. The number of hydrogen-bond acceptors (Lipinski definition) is 5. The third-order valence-corrected chi connectivity index (χ3v) is 5.65. The first-order valence-corrected chi connectivity index (χ1v) is 9.48. The van der Waals surface area contributed by atoms with Crippen LogP contribution in [0, 0.1) is 13.8 Å². The highest BCUT2D eigenvalue weighted by Crippen LogP contribution is 2.25. The van der Waals surface area contributed by atoms with E-state index in [0.29, 0.717) is 17.1 Å². The molecule has 0 fully saturated rings. The fourth-order valence-corrected chi connectivity index (χ4v) is 3.98. The summed E-state index contributed by atoms with van der Waals surface area (Å²) in [5.74, 6) is -0.234. The van der Waals surface area contributed by atoms with Crippen LogP contribution >= 0.6 is 11.3 Å². The molecular formula is C15H19N3O3S2. The van der Waals surface area contributed by atoms with Crippen molar-refractivity contribution in [3.63, 3.8) is 0 Å². The highest BCUT2D eigenvalue weighted by molar-refractivity contribution is 7.93. The summed E-state index contributed by atoms with van der Waals surface area (Å²) in [6.07, 6.45) is 0.830. The molecule has 0 aliphatic rings. The van der Waals surface area contributed by atoms with Crippen LogP contribution in [0.5, 0.6) is 0 Å². The Morgan fingerprint density at radius 1 is 1.22 bits per heavy atom. The van der Waals surface area contributed by atoms with Crippen molar-refractivity contribution in [2.45, 2.75) is 32.1 Å². The average molecular weight is 353 g/mol. The van der Waals surface area contributed by atoms with Crippen molar-refractivity contribution in [1.29, 1.82) is 0 Å². The summed E-state index contributed by atoms with van der Waals surface area (Å²) in [6, 6.07) is 6.52. The number of carbonyl (C=O) groups excluding carboxylic acids is 1. The minimum Gasteiger partial charge on any atom is -0.351 e. The quantitative estimate of drug-likeness (QED) is 0.836. The highest BCUT2D eigenvalue weighted by Gasteiger charge is 2.20. The summed E-state index contributed by atoms with van der Waals surface area (Å²) < 4.78 is 27.1. The van der Waals surface area contributed by atoms with E-state index in [1.807, 2.05) is 13.8 Å². The molecule has 0 bridgehead atoms. The molecule has 0 radical (unpaired) electrons. The first kappa shape index (κ1) is 17.4. The largest absolute Gasteiger partial charge is 0.351 e. The van der Waals surface area contributed by atoms with Gasteiger partial charge in [0, 0.05) is 6.54 Å². The van der Waals surface area contributed by atoms with E-state index in [1.54, 1.807) is 19.1 Å². The predicted octanol–water partition coefficient (Wildman–Crippen LogP) is 2.70. The smallest absolute Gasteiger partial charge is 0.263 e. The van der Waals surface area contributed by atoms with E-state index in [0.717, 1.165) is 23.3 Å². The molecule has 1 aromatic heterocycles. The van der Waals surface area contributed by atoms with Gasteiger partial charge in [-0.05, 0) is 32.4 Å². The molecule has 0 aliphatic heterocycles. The Morgan fingerprint density at radius 3 is 2.48 bits per heavy atom. The van der Waals surface area contributed by atoms with Crippen molar-refractivity contribution in [2.24, 2.45) is 0 Å². The van der Waals surface area contributed by atoms with Gasteiger partial charge < -0.3 is 5.32 Å². The van der Waals surface area contributed by atoms with Gasteiger partial charge in [-0.1, -0.05) is 36.0 Å². The number of anilines is 1. The number of benzene rings is 1. The van der Waals surface area contributed by atoms with Gasteiger partial charge in [0.05, 0.1) is 10.6 Å². The molecule has 1 amide bonds. The molecule has 23 heavy (non-hydrogen) atoms. The van der Waals surface area contributed by atoms with Crippen LogP contribution < -0.4 is 10.0 Å². The van der Waals surface area contributed by atoms with Crippen molar-refractivity contribution in [3.8, 4) is 0 Å². The molecule has 0 spiro atoms. The van der Waals surface area contributed by atoms with E-state index in [9.17, 15) is 13.2 Å². The Morgan fingerprint density at radius 2 is 1.87 bits per heavy atom. The van der Waals surface area contributed by atoms with E-state index in [2.05, 4.69) is 15.0 Å².